The maximum atomic E-state index is 4.17. The molecule has 0 aliphatic heterocycles. The van der Waals surface area contributed by atoms with Gasteiger partial charge in [0, 0.05) is 13.6 Å². The number of aryl methyl sites for hydroxylation is 1. The molecule has 18 heavy (non-hydrogen) atoms. The molecule has 0 saturated heterocycles. The molecule has 2 heterocycles. The summed E-state index contributed by atoms with van der Waals surface area (Å²) in [4.78, 5) is 0. The molecule has 0 aliphatic carbocycles. The van der Waals surface area contributed by atoms with Crippen molar-refractivity contribution in [3.05, 3.63) is 18.0 Å². The van der Waals surface area contributed by atoms with Crippen LogP contribution in [0.4, 0.5) is 0 Å². The van der Waals surface area contributed by atoms with E-state index in [2.05, 4.69) is 32.6 Å². The maximum Gasteiger partial charge on any atom is 0.191 e. The van der Waals surface area contributed by atoms with Gasteiger partial charge in [0.2, 0.25) is 0 Å². The SMILES string of the molecule is CCn1cnnc1CSc1nnc(CNC)n1C. The third-order valence-corrected chi connectivity index (χ3v) is 3.64. The van der Waals surface area contributed by atoms with E-state index >= 15 is 0 Å². The summed E-state index contributed by atoms with van der Waals surface area (Å²) in [6.45, 7) is 3.67. The quantitative estimate of drug-likeness (QED) is 0.766. The van der Waals surface area contributed by atoms with Crippen molar-refractivity contribution < 1.29 is 0 Å². The first kappa shape index (κ1) is 13.0. The highest BCUT2D eigenvalue weighted by molar-refractivity contribution is 7.98. The molecule has 0 fully saturated rings. The van der Waals surface area contributed by atoms with E-state index in [0.717, 1.165) is 35.6 Å². The van der Waals surface area contributed by atoms with Gasteiger partial charge in [0.05, 0.1) is 12.3 Å². The average Bonchev–Trinajstić information content (AvgIpc) is 2.96. The molecule has 98 valence electrons. The Balaban J connectivity index is 2.02. The van der Waals surface area contributed by atoms with Crippen molar-refractivity contribution in [3.63, 3.8) is 0 Å². The number of hydrogen-bond donors (Lipinski definition) is 1. The minimum absolute atomic E-state index is 0.717. The number of aromatic nitrogens is 6. The number of thioether (sulfide) groups is 1. The molecule has 7 nitrogen and oxygen atoms in total. The molecule has 0 amide bonds. The van der Waals surface area contributed by atoms with Crippen LogP contribution in [0.1, 0.15) is 18.6 Å². The predicted molar refractivity (Wildman–Crippen MR) is 69.0 cm³/mol. The molecule has 0 spiro atoms. The molecule has 0 radical (unpaired) electrons. The molecule has 2 rings (SSSR count). The largest absolute Gasteiger partial charge is 0.317 e. The Bertz CT molecular complexity index is 504. The van der Waals surface area contributed by atoms with Crippen LogP contribution in [0.15, 0.2) is 11.5 Å². The van der Waals surface area contributed by atoms with Gasteiger partial charge in [0.15, 0.2) is 5.16 Å². The van der Waals surface area contributed by atoms with E-state index in [1.54, 1.807) is 18.1 Å². The molecule has 8 heteroatoms. The van der Waals surface area contributed by atoms with Crippen LogP contribution in [-0.4, -0.2) is 36.6 Å². The number of nitrogens with zero attached hydrogens (tertiary/aromatic N) is 6. The lowest BCUT2D eigenvalue weighted by Crippen LogP contribution is -2.10. The summed E-state index contributed by atoms with van der Waals surface area (Å²) in [5.74, 6) is 2.64. The average molecular weight is 267 g/mol. The fourth-order valence-corrected chi connectivity index (χ4v) is 2.45. The molecule has 0 atom stereocenters. The van der Waals surface area contributed by atoms with Gasteiger partial charge in [-0.15, -0.1) is 20.4 Å². The summed E-state index contributed by atoms with van der Waals surface area (Å²) in [6.07, 6.45) is 1.75. The van der Waals surface area contributed by atoms with Crippen LogP contribution >= 0.6 is 11.8 Å². The Morgan fingerprint density at radius 3 is 2.83 bits per heavy atom. The summed E-state index contributed by atoms with van der Waals surface area (Å²) >= 11 is 1.62. The Morgan fingerprint density at radius 1 is 1.28 bits per heavy atom. The van der Waals surface area contributed by atoms with Gasteiger partial charge in [-0.3, -0.25) is 0 Å². The monoisotopic (exact) mass is 267 g/mol. The fraction of sp³-hybridized carbons (Fsp3) is 0.600. The first-order valence-corrected chi connectivity index (χ1v) is 6.77. The first-order valence-electron chi connectivity index (χ1n) is 5.78. The maximum absolute atomic E-state index is 4.17. The molecule has 2 aromatic rings. The zero-order chi connectivity index (χ0) is 13.0. The Kier molecular flexibility index (Phi) is 4.32. The van der Waals surface area contributed by atoms with Gasteiger partial charge >= 0.3 is 0 Å². The van der Waals surface area contributed by atoms with Gasteiger partial charge in [0.1, 0.15) is 18.0 Å². The highest BCUT2D eigenvalue weighted by Crippen LogP contribution is 2.19. The third kappa shape index (κ3) is 2.70. The second-order valence-electron chi connectivity index (χ2n) is 3.81. The van der Waals surface area contributed by atoms with Gasteiger partial charge < -0.3 is 14.5 Å². The standard InChI is InChI=1S/C10H17N7S/c1-4-17-7-12-13-9(17)6-18-10-15-14-8(5-11-2)16(10)3/h7,11H,4-6H2,1-3H3. The zero-order valence-electron chi connectivity index (χ0n) is 10.8. The van der Waals surface area contributed by atoms with Crippen molar-refractivity contribution in [1.29, 1.82) is 0 Å². The van der Waals surface area contributed by atoms with Gasteiger partial charge in [-0.05, 0) is 14.0 Å². The Morgan fingerprint density at radius 2 is 2.11 bits per heavy atom. The van der Waals surface area contributed by atoms with E-state index in [-0.39, 0.29) is 0 Å². The van der Waals surface area contributed by atoms with Crippen molar-refractivity contribution in [1.82, 2.24) is 34.8 Å². The molecule has 0 aromatic carbocycles. The highest BCUT2D eigenvalue weighted by Gasteiger charge is 2.10. The zero-order valence-corrected chi connectivity index (χ0v) is 11.6. The van der Waals surface area contributed by atoms with Gasteiger partial charge in [0.25, 0.3) is 0 Å². The lowest BCUT2D eigenvalue weighted by Gasteiger charge is -2.04. The van der Waals surface area contributed by atoms with E-state index in [0.29, 0.717) is 0 Å². The third-order valence-electron chi connectivity index (χ3n) is 2.63. The Labute approximate surface area is 110 Å². The molecular weight excluding hydrogens is 250 g/mol. The topological polar surface area (TPSA) is 73.4 Å². The van der Waals surface area contributed by atoms with Crippen molar-refractivity contribution >= 4 is 11.8 Å². The molecule has 0 unspecified atom stereocenters. The summed E-state index contributed by atoms with van der Waals surface area (Å²) in [6, 6.07) is 0. The van der Waals surface area contributed by atoms with Crippen molar-refractivity contribution in [2.45, 2.75) is 30.9 Å². The highest BCUT2D eigenvalue weighted by atomic mass is 32.2. The van der Waals surface area contributed by atoms with Crippen molar-refractivity contribution in [2.24, 2.45) is 7.05 Å². The van der Waals surface area contributed by atoms with E-state index in [1.807, 2.05) is 23.2 Å². The van der Waals surface area contributed by atoms with Crippen LogP contribution in [0.25, 0.3) is 0 Å². The van der Waals surface area contributed by atoms with Crippen LogP contribution in [0.2, 0.25) is 0 Å². The van der Waals surface area contributed by atoms with Crippen molar-refractivity contribution in [2.75, 3.05) is 7.05 Å². The lowest BCUT2D eigenvalue weighted by atomic mass is 10.6. The smallest absolute Gasteiger partial charge is 0.191 e. The minimum Gasteiger partial charge on any atom is -0.317 e. The van der Waals surface area contributed by atoms with E-state index in [4.69, 9.17) is 0 Å². The van der Waals surface area contributed by atoms with Crippen LogP contribution < -0.4 is 5.32 Å². The van der Waals surface area contributed by atoms with Crippen LogP contribution in [-0.2, 0) is 25.9 Å². The van der Waals surface area contributed by atoms with Crippen LogP contribution in [0, 0.1) is 0 Å². The number of nitrogens with one attached hydrogen (secondary N) is 1. The number of rotatable bonds is 6. The second-order valence-corrected chi connectivity index (χ2v) is 4.75. The predicted octanol–water partition coefficient (Wildman–Crippen LogP) is 0.438. The molecule has 0 saturated carbocycles. The summed E-state index contributed by atoms with van der Waals surface area (Å²) < 4.78 is 4.02. The first-order chi connectivity index (χ1) is 8.76. The fourth-order valence-electron chi connectivity index (χ4n) is 1.57. The molecular formula is C10H17N7S. The van der Waals surface area contributed by atoms with Gasteiger partial charge in [-0.2, -0.15) is 0 Å². The second kappa shape index (κ2) is 5.96. The van der Waals surface area contributed by atoms with Crippen LogP contribution in [0.5, 0.6) is 0 Å². The van der Waals surface area contributed by atoms with Gasteiger partial charge in [-0.25, -0.2) is 0 Å². The summed E-state index contributed by atoms with van der Waals surface area (Å²) in [5.41, 5.74) is 0. The van der Waals surface area contributed by atoms with E-state index in [1.165, 1.54) is 0 Å². The Hall–Kier alpha value is -1.41. The summed E-state index contributed by atoms with van der Waals surface area (Å²) in [7, 11) is 3.87. The molecule has 0 bridgehead atoms. The van der Waals surface area contributed by atoms with Crippen molar-refractivity contribution in [3.8, 4) is 0 Å². The summed E-state index contributed by atoms with van der Waals surface area (Å²) in [5, 5.41) is 20.3. The lowest BCUT2D eigenvalue weighted by molar-refractivity contribution is 0.681. The number of hydrogen-bond acceptors (Lipinski definition) is 6. The van der Waals surface area contributed by atoms with Gasteiger partial charge in [-0.1, -0.05) is 11.8 Å². The minimum atomic E-state index is 0.717. The molecule has 2 aromatic heterocycles. The van der Waals surface area contributed by atoms with E-state index < -0.39 is 0 Å². The normalized spacial score (nSPS) is 11.1. The van der Waals surface area contributed by atoms with E-state index in [9.17, 15) is 0 Å². The molecule has 1 N–H and O–H groups in total. The van der Waals surface area contributed by atoms with Crippen LogP contribution in [0.3, 0.4) is 0 Å². The molecule has 0 aliphatic rings.